The maximum atomic E-state index is 9.02. The number of benzene rings is 4. The van der Waals surface area contributed by atoms with Gasteiger partial charge in [-0.3, -0.25) is 0 Å². The summed E-state index contributed by atoms with van der Waals surface area (Å²) in [6.07, 6.45) is 0. The first-order chi connectivity index (χ1) is 15.0. The molecule has 31 heavy (non-hydrogen) atoms. The van der Waals surface area contributed by atoms with Crippen molar-refractivity contribution in [3.8, 4) is 28.3 Å². The first kappa shape index (κ1) is 20.6. The molecule has 0 aliphatic carbocycles. The Morgan fingerprint density at radius 3 is 1.48 bits per heavy atom. The van der Waals surface area contributed by atoms with Gasteiger partial charge in [0.2, 0.25) is 0 Å². The first-order valence-corrected chi connectivity index (χ1v) is 10.7. The van der Waals surface area contributed by atoms with Gasteiger partial charge in [-0.2, -0.15) is 5.26 Å². The molecule has 4 aromatic rings. The van der Waals surface area contributed by atoms with Crippen LogP contribution in [0.1, 0.15) is 46.2 Å². The molecule has 0 saturated carbocycles. The molecule has 4 aromatic carbocycles. The summed E-state index contributed by atoms with van der Waals surface area (Å²) in [4.78, 5) is 0. The zero-order chi connectivity index (χ0) is 22.0. The molecular weight excluding hydrogens is 374 g/mol. The highest BCUT2D eigenvalue weighted by atomic mass is 14.2. The second kappa shape index (κ2) is 8.62. The van der Waals surface area contributed by atoms with Crippen molar-refractivity contribution in [3.63, 3.8) is 0 Å². The van der Waals surface area contributed by atoms with Gasteiger partial charge in [-0.25, -0.2) is 0 Å². The Morgan fingerprint density at radius 2 is 1.06 bits per heavy atom. The number of rotatable bonds is 4. The molecule has 0 aliphatic rings. The van der Waals surface area contributed by atoms with E-state index >= 15 is 0 Å². The van der Waals surface area contributed by atoms with Gasteiger partial charge in [0.15, 0.2) is 0 Å². The number of hydrogen-bond acceptors (Lipinski definition) is 1. The molecule has 0 bridgehead atoms. The van der Waals surface area contributed by atoms with Crippen molar-refractivity contribution in [2.45, 2.75) is 33.6 Å². The zero-order valence-corrected chi connectivity index (χ0v) is 18.6. The van der Waals surface area contributed by atoms with Crippen molar-refractivity contribution in [1.82, 2.24) is 0 Å². The highest BCUT2D eigenvalue weighted by molar-refractivity contribution is 5.70. The Labute approximate surface area is 185 Å². The summed E-state index contributed by atoms with van der Waals surface area (Å²) in [6.45, 7) is 8.76. The van der Waals surface area contributed by atoms with Gasteiger partial charge < -0.3 is 0 Å². The predicted octanol–water partition coefficient (Wildman–Crippen LogP) is 7.97. The largest absolute Gasteiger partial charge is 0.192 e. The van der Waals surface area contributed by atoms with Crippen LogP contribution in [0.5, 0.6) is 0 Å². The lowest BCUT2D eigenvalue weighted by Gasteiger charge is -2.17. The number of nitrogens with zero attached hydrogens (tertiary/aromatic N) is 1. The normalized spacial score (nSPS) is 11.7. The summed E-state index contributed by atoms with van der Waals surface area (Å²) in [5, 5.41) is 9.02. The van der Waals surface area contributed by atoms with E-state index in [1.165, 1.54) is 44.5 Å². The molecule has 0 radical (unpaired) electrons. The highest BCUT2D eigenvalue weighted by Gasteiger charge is 2.13. The van der Waals surface area contributed by atoms with Gasteiger partial charge in [0.05, 0.1) is 11.6 Å². The van der Waals surface area contributed by atoms with Crippen LogP contribution < -0.4 is 0 Å². The number of hydrogen-bond donors (Lipinski definition) is 0. The van der Waals surface area contributed by atoms with Crippen molar-refractivity contribution >= 4 is 0 Å². The molecule has 0 saturated heterocycles. The van der Waals surface area contributed by atoms with Crippen LogP contribution in [0.4, 0.5) is 0 Å². The summed E-state index contributed by atoms with van der Waals surface area (Å²) >= 11 is 0. The average Bonchev–Trinajstić information content (AvgIpc) is 2.79. The maximum absolute atomic E-state index is 9.02. The zero-order valence-electron chi connectivity index (χ0n) is 18.6. The van der Waals surface area contributed by atoms with Crippen LogP contribution in [-0.4, -0.2) is 0 Å². The minimum absolute atomic E-state index is 0.319. The molecule has 1 heteroatoms. The molecule has 0 aliphatic heterocycles. The minimum Gasteiger partial charge on any atom is -0.192 e. The molecule has 0 spiro atoms. The molecule has 0 N–H and O–H groups in total. The third-order valence-electron chi connectivity index (χ3n) is 6.19. The summed E-state index contributed by atoms with van der Waals surface area (Å²) in [7, 11) is 0. The minimum atomic E-state index is 0.319. The molecule has 1 atom stereocenters. The maximum Gasteiger partial charge on any atom is 0.0991 e. The summed E-state index contributed by atoms with van der Waals surface area (Å²) < 4.78 is 0. The molecule has 0 aromatic heterocycles. The van der Waals surface area contributed by atoms with Crippen molar-refractivity contribution in [1.29, 1.82) is 5.26 Å². The van der Waals surface area contributed by atoms with E-state index in [9.17, 15) is 0 Å². The van der Waals surface area contributed by atoms with Gasteiger partial charge in [-0.1, -0.05) is 85.3 Å². The van der Waals surface area contributed by atoms with E-state index in [1.54, 1.807) is 0 Å². The third-order valence-corrected chi connectivity index (χ3v) is 6.19. The predicted molar refractivity (Wildman–Crippen MR) is 130 cm³/mol. The van der Waals surface area contributed by atoms with Crippen molar-refractivity contribution in [2.24, 2.45) is 0 Å². The quantitative estimate of drug-likeness (QED) is 0.340. The first-order valence-electron chi connectivity index (χ1n) is 10.7. The van der Waals surface area contributed by atoms with Crippen LogP contribution in [0, 0.1) is 32.1 Å². The van der Waals surface area contributed by atoms with Gasteiger partial charge in [-0.15, -0.1) is 0 Å². The second-order valence-corrected chi connectivity index (χ2v) is 8.43. The Kier molecular flexibility index (Phi) is 5.74. The topological polar surface area (TPSA) is 23.8 Å². The number of nitriles is 1. The second-order valence-electron chi connectivity index (χ2n) is 8.43. The molecule has 0 amide bonds. The summed E-state index contributed by atoms with van der Waals surface area (Å²) in [5.74, 6) is 0.319. The summed E-state index contributed by atoms with van der Waals surface area (Å²) in [6, 6.07) is 32.3. The fraction of sp³-hybridized carbons (Fsp3) is 0.167. The van der Waals surface area contributed by atoms with Crippen LogP contribution in [0.25, 0.3) is 22.3 Å². The van der Waals surface area contributed by atoms with Crippen molar-refractivity contribution in [3.05, 3.63) is 118 Å². The van der Waals surface area contributed by atoms with Crippen LogP contribution in [0.2, 0.25) is 0 Å². The lowest BCUT2D eigenvalue weighted by Crippen LogP contribution is -1.99. The van der Waals surface area contributed by atoms with E-state index in [-0.39, 0.29) is 0 Å². The SMILES string of the molecule is Cc1ccc(-c2ccc(C(C)c3ccc(-c4ccc(C#N)cc4)c(C)c3)cc2C)cc1. The molecule has 0 fully saturated rings. The van der Waals surface area contributed by atoms with E-state index in [1.807, 2.05) is 24.3 Å². The smallest absolute Gasteiger partial charge is 0.0991 e. The third kappa shape index (κ3) is 4.30. The lowest BCUT2D eigenvalue weighted by atomic mass is 9.87. The lowest BCUT2D eigenvalue weighted by molar-refractivity contribution is 0.918. The Hall–Kier alpha value is -3.63. The van der Waals surface area contributed by atoms with E-state index in [4.69, 9.17) is 5.26 Å². The molecule has 4 rings (SSSR count). The van der Waals surface area contributed by atoms with E-state index in [0.29, 0.717) is 11.5 Å². The molecule has 1 nitrogen and oxygen atoms in total. The van der Waals surface area contributed by atoms with Gasteiger partial charge in [0.25, 0.3) is 0 Å². The Morgan fingerprint density at radius 1 is 0.613 bits per heavy atom. The van der Waals surface area contributed by atoms with Crippen molar-refractivity contribution in [2.75, 3.05) is 0 Å². The number of aryl methyl sites for hydroxylation is 3. The van der Waals surface area contributed by atoms with Crippen LogP contribution in [0.3, 0.4) is 0 Å². The van der Waals surface area contributed by atoms with Gasteiger partial charge in [0, 0.05) is 5.92 Å². The monoisotopic (exact) mass is 401 g/mol. The van der Waals surface area contributed by atoms with E-state index in [0.717, 1.165) is 5.56 Å². The Balaban J connectivity index is 1.61. The highest BCUT2D eigenvalue weighted by Crippen LogP contribution is 2.32. The van der Waals surface area contributed by atoms with Crippen LogP contribution >= 0.6 is 0 Å². The van der Waals surface area contributed by atoms with Gasteiger partial charge in [0.1, 0.15) is 0 Å². The fourth-order valence-corrected chi connectivity index (χ4v) is 4.21. The molecule has 0 heterocycles. The fourth-order valence-electron chi connectivity index (χ4n) is 4.21. The average molecular weight is 402 g/mol. The van der Waals surface area contributed by atoms with Gasteiger partial charge >= 0.3 is 0 Å². The van der Waals surface area contributed by atoms with Gasteiger partial charge in [-0.05, 0) is 77.4 Å². The molecular formula is C30H27N. The Bertz CT molecular complexity index is 1260. The van der Waals surface area contributed by atoms with Crippen LogP contribution in [-0.2, 0) is 0 Å². The molecule has 1 unspecified atom stereocenters. The molecule has 152 valence electrons. The summed E-state index contributed by atoms with van der Waals surface area (Å²) in [5.41, 5.74) is 12.1. The standard InChI is InChI=1S/C30H27N/c1-20-5-9-25(10-6-20)29-15-13-27(17-21(29)2)23(4)28-14-16-30(22(3)18-28)26-11-7-24(19-31)8-12-26/h5-18,23H,1-4H3. The van der Waals surface area contributed by atoms with Crippen molar-refractivity contribution < 1.29 is 0 Å². The van der Waals surface area contributed by atoms with Crippen LogP contribution in [0.15, 0.2) is 84.9 Å². The van der Waals surface area contributed by atoms with E-state index < -0.39 is 0 Å². The van der Waals surface area contributed by atoms with E-state index in [2.05, 4.69) is 94.4 Å².